The van der Waals surface area contributed by atoms with Crippen molar-refractivity contribution >= 4 is 23.5 Å². The summed E-state index contributed by atoms with van der Waals surface area (Å²) < 4.78 is 11.0. The molecule has 7 nitrogen and oxygen atoms in total. The highest BCUT2D eigenvalue weighted by Crippen LogP contribution is 2.38. The lowest BCUT2D eigenvalue weighted by molar-refractivity contribution is -0.116. The van der Waals surface area contributed by atoms with Crippen LogP contribution in [0.5, 0.6) is 11.5 Å². The molecule has 0 saturated heterocycles. The molecule has 0 radical (unpaired) electrons. The molecule has 3 rings (SSSR count). The summed E-state index contributed by atoms with van der Waals surface area (Å²) in [5, 5.41) is 3.26. The van der Waals surface area contributed by atoms with Gasteiger partial charge in [0.15, 0.2) is 16.7 Å². The summed E-state index contributed by atoms with van der Waals surface area (Å²) in [5.41, 5.74) is 1.07. The molecule has 1 aliphatic heterocycles. The number of fused-ring (bicyclic) bond motifs is 1. The number of benzene rings is 1. The van der Waals surface area contributed by atoms with E-state index in [0.717, 1.165) is 17.7 Å². The summed E-state index contributed by atoms with van der Waals surface area (Å²) in [6, 6.07) is 5.47. The Hall–Kier alpha value is -2.48. The highest BCUT2D eigenvalue weighted by Gasteiger charge is 2.31. The second-order valence-electron chi connectivity index (χ2n) is 6.13. The van der Waals surface area contributed by atoms with Crippen molar-refractivity contribution in [3.63, 3.8) is 0 Å². The third-order valence-corrected chi connectivity index (χ3v) is 5.34. The van der Waals surface area contributed by atoms with Crippen molar-refractivity contribution in [2.45, 2.75) is 37.8 Å². The van der Waals surface area contributed by atoms with Crippen LogP contribution in [0.25, 0.3) is 0 Å². The molecule has 0 bridgehead atoms. The van der Waals surface area contributed by atoms with Crippen LogP contribution in [0.2, 0.25) is 0 Å². The van der Waals surface area contributed by atoms with Gasteiger partial charge in [0.25, 0.3) is 5.56 Å². The average molecular weight is 389 g/mol. The quantitative estimate of drug-likeness (QED) is 0.558. The Morgan fingerprint density at radius 3 is 2.78 bits per heavy atom. The van der Waals surface area contributed by atoms with Crippen molar-refractivity contribution < 1.29 is 14.3 Å². The van der Waals surface area contributed by atoms with Gasteiger partial charge in [-0.05, 0) is 31.0 Å². The molecule has 0 saturated carbocycles. The van der Waals surface area contributed by atoms with Crippen LogP contribution in [0.4, 0.5) is 5.82 Å². The molecule has 2 aromatic rings. The number of ether oxygens (including phenoxy) is 2. The number of aromatic amines is 1. The third-order valence-electron chi connectivity index (χ3n) is 4.26. The number of amides is 1. The molecule has 0 fully saturated rings. The molecule has 0 unspecified atom stereocenters. The number of carbonyl (C=O) groups excluding carboxylic acids is 1. The van der Waals surface area contributed by atoms with Crippen molar-refractivity contribution in [2.24, 2.45) is 0 Å². The largest absolute Gasteiger partial charge is 0.493 e. The zero-order chi connectivity index (χ0) is 19.4. The number of hydrogen-bond donors (Lipinski definition) is 2. The molecule has 1 amide bonds. The third kappa shape index (κ3) is 4.10. The first kappa shape index (κ1) is 19.3. The van der Waals surface area contributed by atoms with E-state index in [4.69, 9.17) is 9.47 Å². The van der Waals surface area contributed by atoms with E-state index in [9.17, 15) is 9.59 Å². The number of hydrogen-bond acceptors (Lipinski definition) is 6. The van der Waals surface area contributed by atoms with Gasteiger partial charge in [-0.1, -0.05) is 24.8 Å². The van der Waals surface area contributed by atoms with E-state index in [2.05, 4.69) is 22.2 Å². The molecule has 1 aromatic carbocycles. The number of rotatable bonds is 7. The summed E-state index contributed by atoms with van der Waals surface area (Å²) >= 11 is 1.47. The van der Waals surface area contributed by atoms with Gasteiger partial charge in [-0.2, -0.15) is 0 Å². The fraction of sp³-hybridized carbons (Fsp3) is 0.421. The molecular formula is C19H23N3O4S. The molecule has 8 heteroatoms. The Labute approximate surface area is 161 Å². The molecule has 2 heterocycles. The smallest absolute Gasteiger partial charge is 0.257 e. The Morgan fingerprint density at radius 2 is 2.07 bits per heavy atom. The number of H-pyrrole nitrogens is 1. The first-order valence-electron chi connectivity index (χ1n) is 8.94. The van der Waals surface area contributed by atoms with Crippen LogP contribution in [0.1, 0.15) is 43.7 Å². The van der Waals surface area contributed by atoms with E-state index in [1.54, 1.807) is 13.2 Å². The van der Waals surface area contributed by atoms with E-state index < -0.39 is 0 Å². The van der Waals surface area contributed by atoms with Crippen LogP contribution in [-0.2, 0) is 4.79 Å². The minimum atomic E-state index is -0.389. The normalized spacial score (nSPS) is 15.8. The fourth-order valence-corrected chi connectivity index (χ4v) is 3.80. The van der Waals surface area contributed by atoms with E-state index >= 15 is 0 Å². The fourth-order valence-electron chi connectivity index (χ4n) is 3.08. The van der Waals surface area contributed by atoms with Crippen molar-refractivity contribution in [3.8, 4) is 11.5 Å². The SMILES string of the molecule is CCCSc1nc2c(c(=O)[nH]1)[C@H](c1ccc(OC)c(OCC)c1)CC(=O)N2. The first-order valence-corrected chi connectivity index (χ1v) is 9.93. The number of aromatic nitrogens is 2. The van der Waals surface area contributed by atoms with E-state index in [-0.39, 0.29) is 23.8 Å². The molecule has 0 aliphatic carbocycles. The maximum Gasteiger partial charge on any atom is 0.257 e. The number of nitrogens with zero attached hydrogens (tertiary/aromatic N) is 1. The maximum absolute atomic E-state index is 12.8. The minimum Gasteiger partial charge on any atom is -0.493 e. The van der Waals surface area contributed by atoms with Crippen molar-refractivity contribution in [1.82, 2.24) is 9.97 Å². The zero-order valence-corrected chi connectivity index (χ0v) is 16.4. The lowest BCUT2D eigenvalue weighted by Crippen LogP contribution is -2.31. The molecule has 1 aliphatic rings. The van der Waals surface area contributed by atoms with E-state index in [1.807, 2.05) is 19.1 Å². The van der Waals surface area contributed by atoms with Gasteiger partial charge in [-0.25, -0.2) is 4.98 Å². The topological polar surface area (TPSA) is 93.3 Å². The van der Waals surface area contributed by atoms with Crippen LogP contribution in [0, 0.1) is 0 Å². The number of methoxy groups -OCH3 is 1. The van der Waals surface area contributed by atoms with Gasteiger partial charge in [-0.3, -0.25) is 9.59 Å². The van der Waals surface area contributed by atoms with Crippen molar-refractivity contribution in [2.75, 3.05) is 24.8 Å². The van der Waals surface area contributed by atoms with Gasteiger partial charge in [0, 0.05) is 18.1 Å². The zero-order valence-electron chi connectivity index (χ0n) is 15.6. The Bertz CT molecular complexity index is 897. The standard InChI is InChI=1S/C19H23N3O4S/c1-4-8-27-19-21-17-16(18(24)22-19)12(10-15(23)20-17)11-6-7-13(25-3)14(9-11)26-5-2/h6-7,9,12H,4-5,8,10H2,1-3H3,(H2,20,21,22,23,24)/t12-/m0/s1. The second-order valence-corrected chi connectivity index (χ2v) is 7.21. The Morgan fingerprint density at radius 1 is 1.26 bits per heavy atom. The predicted molar refractivity (Wildman–Crippen MR) is 105 cm³/mol. The van der Waals surface area contributed by atoms with Crippen molar-refractivity contribution in [3.05, 3.63) is 39.7 Å². The van der Waals surface area contributed by atoms with E-state index in [0.29, 0.717) is 34.6 Å². The van der Waals surface area contributed by atoms with E-state index in [1.165, 1.54) is 11.8 Å². The van der Waals surface area contributed by atoms with Crippen LogP contribution < -0.4 is 20.3 Å². The predicted octanol–water partition coefficient (Wildman–Crippen LogP) is 3.15. The molecule has 1 aromatic heterocycles. The van der Waals surface area contributed by atoms with Gasteiger partial charge in [-0.15, -0.1) is 0 Å². The maximum atomic E-state index is 12.8. The molecular weight excluding hydrogens is 366 g/mol. The molecule has 2 N–H and O–H groups in total. The van der Waals surface area contributed by atoms with Gasteiger partial charge < -0.3 is 19.8 Å². The van der Waals surface area contributed by atoms with Crippen LogP contribution in [0.15, 0.2) is 28.2 Å². The summed E-state index contributed by atoms with van der Waals surface area (Å²) in [6.45, 7) is 4.43. The monoisotopic (exact) mass is 389 g/mol. The molecule has 1 atom stereocenters. The highest BCUT2D eigenvalue weighted by atomic mass is 32.2. The number of thioether (sulfide) groups is 1. The summed E-state index contributed by atoms with van der Waals surface area (Å²) in [4.78, 5) is 32.3. The summed E-state index contributed by atoms with van der Waals surface area (Å²) in [5.74, 6) is 1.83. The molecule has 27 heavy (non-hydrogen) atoms. The summed E-state index contributed by atoms with van der Waals surface area (Å²) in [6.07, 6.45) is 1.14. The van der Waals surface area contributed by atoms with Gasteiger partial charge >= 0.3 is 0 Å². The Kier molecular flexibility index (Phi) is 6.05. The van der Waals surface area contributed by atoms with Gasteiger partial charge in [0.1, 0.15) is 5.82 Å². The van der Waals surface area contributed by atoms with Gasteiger partial charge in [0.05, 0.1) is 19.3 Å². The second kappa shape index (κ2) is 8.47. The highest BCUT2D eigenvalue weighted by molar-refractivity contribution is 7.99. The first-order chi connectivity index (χ1) is 13.1. The lowest BCUT2D eigenvalue weighted by atomic mass is 9.86. The van der Waals surface area contributed by atoms with Crippen LogP contribution in [0.3, 0.4) is 0 Å². The lowest BCUT2D eigenvalue weighted by Gasteiger charge is -2.25. The number of carbonyl (C=O) groups is 1. The minimum absolute atomic E-state index is 0.161. The Balaban J connectivity index is 2.05. The summed E-state index contributed by atoms with van der Waals surface area (Å²) in [7, 11) is 1.57. The van der Waals surface area contributed by atoms with Crippen LogP contribution >= 0.6 is 11.8 Å². The average Bonchev–Trinajstić information content (AvgIpc) is 2.65. The molecule has 144 valence electrons. The van der Waals surface area contributed by atoms with Crippen LogP contribution in [-0.4, -0.2) is 35.3 Å². The van der Waals surface area contributed by atoms with Crippen molar-refractivity contribution in [1.29, 1.82) is 0 Å². The number of nitrogens with one attached hydrogen (secondary N) is 2. The molecule has 0 spiro atoms. The number of anilines is 1. The van der Waals surface area contributed by atoms with Gasteiger partial charge in [0.2, 0.25) is 5.91 Å².